The molecule has 5 rings (SSSR count). The smallest absolute Gasteiger partial charge is 0.319 e. The van der Waals surface area contributed by atoms with Gasteiger partial charge in [0.2, 0.25) is 5.88 Å². The third-order valence-corrected chi connectivity index (χ3v) is 6.50. The van der Waals surface area contributed by atoms with Gasteiger partial charge in [0.15, 0.2) is 5.69 Å². The fourth-order valence-corrected chi connectivity index (χ4v) is 4.73. The van der Waals surface area contributed by atoms with Crippen molar-refractivity contribution < 1.29 is 14.3 Å². The standard InChI is InChI=1S/C24H22BrN5O3/c1-14-17-5-4-6-18(20-12-26-24(33-3)27-22(20)32-2)19(17)9-10-29(14)23(31)21-11-16-8-7-15(25)13-30(16)28-21/h4-8,11-14H,9-10H2,1-3H3. The highest BCUT2D eigenvalue weighted by Gasteiger charge is 2.31. The molecule has 0 saturated carbocycles. The zero-order valence-corrected chi connectivity index (χ0v) is 20.0. The van der Waals surface area contributed by atoms with Crippen LogP contribution in [0.4, 0.5) is 0 Å². The molecule has 0 fully saturated rings. The van der Waals surface area contributed by atoms with Crippen molar-refractivity contribution in [1.29, 1.82) is 0 Å². The van der Waals surface area contributed by atoms with Gasteiger partial charge >= 0.3 is 6.01 Å². The van der Waals surface area contributed by atoms with Crippen LogP contribution >= 0.6 is 15.9 Å². The molecule has 33 heavy (non-hydrogen) atoms. The highest BCUT2D eigenvalue weighted by molar-refractivity contribution is 9.10. The molecule has 1 aliphatic rings. The first-order valence-corrected chi connectivity index (χ1v) is 11.3. The van der Waals surface area contributed by atoms with Gasteiger partial charge in [0.1, 0.15) is 0 Å². The van der Waals surface area contributed by atoms with Crippen LogP contribution in [0.3, 0.4) is 0 Å². The number of benzene rings is 1. The molecule has 3 aromatic heterocycles. The largest absolute Gasteiger partial charge is 0.480 e. The summed E-state index contributed by atoms with van der Waals surface area (Å²) in [5.74, 6) is 0.376. The third kappa shape index (κ3) is 3.72. The van der Waals surface area contributed by atoms with Crippen molar-refractivity contribution in [1.82, 2.24) is 24.5 Å². The second-order valence-electron chi connectivity index (χ2n) is 7.82. The van der Waals surface area contributed by atoms with Crippen molar-refractivity contribution in [2.24, 2.45) is 0 Å². The monoisotopic (exact) mass is 507 g/mol. The van der Waals surface area contributed by atoms with Crippen LogP contribution in [-0.2, 0) is 6.42 Å². The van der Waals surface area contributed by atoms with E-state index in [0.29, 0.717) is 24.5 Å². The number of rotatable bonds is 4. The van der Waals surface area contributed by atoms with Crippen molar-refractivity contribution in [3.63, 3.8) is 0 Å². The van der Waals surface area contributed by atoms with Gasteiger partial charge in [-0.3, -0.25) is 4.79 Å². The normalized spacial score (nSPS) is 15.4. The van der Waals surface area contributed by atoms with E-state index in [1.165, 1.54) is 12.7 Å². The Labute approximate surface area is 199 Å². The number of hydrogen-bond acceptors (Lipinski definition) is 6. The fraction of sp³-hybridized carbons (Fsp3) is 0.250. The Morgan fingerprint density at radius 2 is 2.00 bits per heavy atom. The van der Waals surface area contributed by atoms with E-state index in [1.807, 2.05) is 48.4 Å². The van der Waals surface area contributed by atoms with Crippen LogP contribution in [-0.4, -0.2) is 51.2 Å². The molecule has 0 spiro atoms. The Balaban J connectivity index is 1.50. The molecule has 4 aromatic rings. The minimum atomic E-state index is -0.108. The number of nitrogens with zero attached hydrogens (tertiary/aromatic N) is 5. The molecule has 0 aliphatic carbocycles. The van der Waals surface area contributed by atoms with Crippen LogP contribution in [0.5, 0.6) is 11.9 Å². The molecule has 1 unspecified atom stereocenters. The average molecular weight is 508 g/mol. The Hall–Kier alpha value is -3.46. The van der Waals surface area contributed by atoms with Gasteiger partial charge in [-0.25, -0.2) is 9.50 Å². The number of carbonyl (C=O) groups excluding carboxylic acids is 1. The van der Waals surface area contributed by atoms with Crippen LogP contribution in [0, 0.1) is 0 Å². The first-order chi connectivity index (χ1) is 16.0. The lowest BCUT2D eigenvalue weighted by Gasteiger charge is -2.36. The van der Waals surface area contributed by atoms with Gasteiger partial charge in [0, 0.05) is 23.4 Å². The topological polar surface area (TPSA) is 81.9 Å². The van der Waals surface area contributed by atoms with E-state index in [9.17, 15) is 4.79 Å². The summed E-state index contributed by atoms with van der Waals surface area (Å²) in [6.45, 7) is 2.63. The second-order valence-corrected chi connectivity index (χ2v) is 8.74. The number of aromatic nitrogens is 4. The number of methoxy groups -OCH3 is 2. The van der Waals surface area contributed by atoms with Gasteiger partial charge in [0.25, 0.3) is 5.91 Å². The average Bonchev–Trinajstić information content (AvgIpc) is 3.26. The van der Waals surface area contributed by atoms with Gasteiger partial charge in [0.05, 0.1) is 31.3 Å². The summed E-state index contributed by atoms with van der Waals surface area (Å²) >= 11 is 3.45. The lowest BCUT2D eigenvalue weighted by molar-refractivity contribution is 0.0671. The summed E-state index contributed by atoms with van der Waals surface area (Å²) < 4.78 is 13.3. The fourth-order valence-electron chi connectivity index (χ4n) is 4.40. The van der Waals surface area contributed by atoms with E-state index in [4.69, 9.17) is 9.47 Å². The molecular formula is C24H22BrN5O3. The number of carbonyl (C=O) groups is 1. The molecule has 1 atom stereocenters. The summed E-state index contributed by atoms with van der Waals surface area (Å²) in [4.78, 5) is 23.9. The van der Waals surface area contributed by atoms with E-state index in [0.717, 1.165) is 26.7 Å². The summed E-state index contributed by atoms with van der Waals surface area (Å²) in [6, 6.07) is 11.9. The molecule has 1 aliphatic heterocycles. The number of amides is 1. The molecule has 8 nitrogen and oxygen atoms in total. The second kappa shape index (κ2) is 8.47. The van der Waals surface area contributed by atoms with E-state index in [-0.39, 0.29) is 18.0 Å². The van der Waals surface area contributed by atoms with Gasteiger partial charge in [-0.15, -0.1) is 0 Å². The third-order valence-electron chi connectivity index (χ3n) is 6.03. The minimum Gasteiger partial charge on any atom is -0.480 e. The molecule has 168 valence electrons. The maximum Gasteiger partial charge on any atom is 0.319 e. The highest BCUT2D eigenvalue weighted by atomic mass is 79.9. The van der Waals surface area contributed by atoms with Crippen LogP contribution in [0.25, 0.3) is 16.6 Å². The number of fused-ring (bicyclic) bond motifs is 2. The zero-order valence-electron chi connectivity index (χ0n) is 18.4. The molecule has 1 aromatic carbocycles. The van der Waals surface area contributed by atoms with E-state index >= 15 is 0 Å². The number of halogens is 1. The number of pyridine rings is 1. The van der Waals surface area contributed by atoms with E-state index in [2.05, 4.69) is 37.1 Å². The van der Waals surface area contributed by atoms with Crippen molar-refractivity contribution in [3.05, 3.63) is 70.1 Å². The Morgan fingerprint density at radius 1 is 1.15 bits per heavy atom. The van der Waals surface area contributed by atoms with Gasteiger partial charge in [-0.2, -0.15) is 10.1 Å². The molecule has 0 saturated heterocycles. The maximum atomic E-state index is 13.4. The minimum absolute atomic E-state index is 0.0799. The summed E-state index contributed by atoms with van der Waals surface area (Å²) in [6.07, 6.45) is 4.27. The van der Waals surface area contributed by atoms with Crippen molar-refractivity contribution in [2.75, 3.05) is 20.8 Å². The Morgan fingerprint density at radius 3 is 2.79 bits per heavy atom. The van der Waals surface area contributed by atoms with Crippen LogP contribution < -0.4 is 9.47 Å². The van der Waals surface area contributed by atoms with Gasteiger partial charge < -0.3 is 14.4 Å². The Kier molecular flexibility index (Phi) is 5.49. The predicted octanol–water partition coefficient (Wildman–Crippen LogP) is 4.33. The highest BCUT2D eigenvalue weighted by Crippen LogP contribution is 2.39. The van der Waals surface area contributed by atoms with Crippen LogP contribution in [0.1, 0.15) is 34.6 Å². The molecule has 0 radical (unpaired) electrons. The van der Waals surface area contributed by atoms with Crippen molar-refractivity contribution in [3.8, 4) is 23.0 Å². The van der Waals surface area contributed by atoms with Crippen molar-refractivity contribution >= 4 is 27.4 Å². The summed E-state index contributed by atoms with van der Waals surface area (Å²) in [7, 11) is 3.10. The summed E-state index contributed by atoms with van der Waals surface area (Å²) in [5, 5.41) is 4.49. The SMILES string of the molecule is COc1ncc(-c2cccc3c2CCN(C(=O)c2cc4ccc(Br)cn4n2)C3C)c(OC)n1. The van der Waals surface area contributed by atoms with Crippen LogP contribution in [0.2, 0.25) is 0 Å². The van der Waals surface area contributed by atoms with E-state index in [1.54, 1.807) is 17.8 Å². The summed E-state index contributed by atoms with van der Waals surface area (Å²) in [5.41, 5.74) is 5.37. The molecule has 0 bridgehead atoms. The first kappa shape index (κ1) is 21.4. The number of hydrogen-bond donors (Lipinski definition) is 0. The molecule has 1 amide bonds. The first-order valence-electron chi connectivity index (χ1n) is 10.5. The maximum absolute atomic E-state index is 13.4. The van der Waals surface area contributed by atoms with Gasteiger partial charge in [-0.05, 0) is 64.2 Å². The zero-order chi connectivity index (χ0) is 23.1. The van der Waals surface area contributed by atoms with Gasteiger partial charge in [-0.1, -0.05) is 18.2 Å². The molecule has 9 heteroatoms. The van der Waals surface area contributed by atoms with Crippen molar-refractivity contribution in [2.45, 2.75) is 19.4 Å². The lowest BCUT2D eigenvalue weighted by Crippen LogP contribution is -2.39. The Bertz CT molecular complexity index is 1370. The number of ether oxygens (including phenoxy) is 2. The molecular weight excluding hydrogens is 486 g/mol. The predicted molar refractivity (Wildman–Crippen MR) is 127 cm³/mol. The van der Waals surface area contributed by atoms with E-state index < -0.39 is 0 Å². The quantitative estimate of drug-likeness (QED) is 0.408. The van der Waals surface area contributed by atoms with Crippen LogP contribution in [0.15, 0.2) is 53.3 Å². The lowest BCUT2D eigenvalue weighted by atomic mass is 9.87. The molecule has 4 heterocycles. The molecule has 0 N–H and O–H groups in total.